The van der Waals surface area contributed by atoms with Crippen molar-refractivity contribution in [1.29, 1.82) is 0 Å². The summed E-state index contributed by atoms with van der Waals surface area (Å²) in [7, 11) is 0. The Balaban J connectivity index is 2.90. The number of rotatable bonds is 5. The van der Waals surface area contributed by atoms with Crippen molar-refractivity contribution in [3.05, 3.63) is 34.4 Å². The Hall–Kier alpha value is -1.64. The molecule has 1 aromatic carbocycles. The average Bonchev–Trinajstić information content (AvgIpc) is 2.32. The summed E-state index contributed by atoms with van der Waals surface area (Å²) in [5.41, 5.74) is 4.59. The van der Waals surface area contributed by atoms with Crippen LogP contribution in [0.4, 0.5) is 0 Å². The van der Waals surface area contributed by atoms with Crippen molar-refractivity contribution in [2.24, 2.45) is 0 Å². The molecule has 0 saturated heterocycles. The van der Waals surface area contributed by atoms with Crippen LogP contribution in [0.25, 0.3) is 0 Å². The number of hydrogen-bond donors (Lipinski definition) is 0. The Labute approximate surface area is 127 Å². The molecule has 0 radical (unpaired) electrons. The number of aryl methyl sites for hydroxylation is 2. The van der Waals surface area contributed by atoms with Gasteiger partial charge in [-0.3, -0.25) is 9.59 Å². The molecule has 21 heavy (non-hydrogen) atoms. The molecule has 0 aliphatic carbocycles. The van der Waals surface area contributed by atoms with Gasteiger partial charge in [0.1, 0.15) is 12.2 Å². The van der Waals surface area contributed by atoms with E-state index in [2.05, 4.69) is 32.9 Å². The minimum Gasteiger partial charge on any atom is -0.466 e. The predicted molar refractivity (Wildman–Crippen MR) is 84.6 cm³/mol. The molecule has 0 aromatic heterocycles. The highest BCUT2D eigenvalue weighted by atomic mass is 16.5. The van der Waals surface area contributed by atoms with Crippen molar-refractivity contribution < 1.29 is 14.3 Å². The lowest BCUT2D eigenvalue weighted by Crippen LogP contribution is -2.16. The van der Waals surface area contributed by atoms with Crippen LogP contribution in [0.2, 0.25) is 0 Å². The highest BCUT2D eigenvalue weighted by Crippen LogP contribution is 2.27. The number of Topliss-reactive ketones (excluding diaryl/α,β-unsaturated/α-hetero) is 1. The molecule has 3 nitrogen and oxygen atoms in total. The maximum atomic E-state index is 12.0. The van der Waals surface area contributed by atoms with Crippen LogP contribution < -0.4 is 0 Å². The SMILES string of the molecule is CCOC(=O)CC(=O)Cc1c(C)cc(C(C)(C)C)cc1C. The van der Waals surface area contributed by atoms with Crippen LogP contribution in [0.1, 0.15) is 56.4 Å². The van der Waals surface area contributed by atoms with E-state index in [4.69, 9.17) is 4.74 Å². The maximum absolute atomic E-state index is 12.0. The van der Waals surface area contributed by atoms with Gasteiger partial charge in [-0.2, -0.15) is 0 Å². The van der Waals surface area contributed by atoms with Crippen LogP contribution in [0.3, 0.4) is 0 Å². The Morgan fingerprint density at radius 3 is 2.05 bits per heavy atom. The monoisotopic (exact) mass is 290 g/mol. The van der Waals surface area contributed by atoms with E-state index in [0.29, 0.717) is 13.0 Å². The van der Waals surface area contributed by atoms with Crippen LogP contribution in [0.15, 0.2) is 12.1 Å². The fraction of sp³-hybridized carbons (Fsp3) is 0.556. The molecule has 1 rings (SSSR count). The third-order valence-electron chi connectivity index (χ3n) is 3.58. The molecular weight excluding hydrogens is 264 g/mol. The third-order valence-corrected chi connectivity index (χ3v) is 3.58. The van der Waals surface area contributed by atoms with E-state index < -0.39 is 5.97 Å². The third kappa shape index (κ3) is 5.00. The van der Waals surface area contributed by atoms with Crippen molar-refractivity contribution in [3.63, 3.8) is 0 Å². The van der Waals surface area contributed by atoms with Crippen LogP contribution in [0.5, 0.6) is 0 Å². The Kier molecular flexibility index (Phi) is 5.70. The smallest absolute Gasteiger partial charge is 0.313 e. The van der Waals surface area contributed by atoms with Gasteiger partial charge in [0.15, 0.2) is 0 Å². The van der Waals surface area contributed by atoms with Crippen molar-refractivity contribution in [2.75, 3.05) is 6.61 Å². The zero-order chi connectivity index (χ0) is 16.2. The first-order valence-electron chi connectivity index (χ1n) is 7.43. The highest BCUT2D eigenvalue weighted by molar-refractivity contribution is 5.96. The molecule has 0 aliphatic rings. The summed E-state index contributed by atoms with van der Waals surface area (Å²) in [4.78, 5) is 23.3. The second-order valence-electron chi connectivity index (χ2n) is 6.54. The molecule has 0 fully saturated rings. The lowest BCUT2D eigenvalue weighted by molar-refractivity contribution is -0.145. The molecule has 116 valence electrons. The molecule has 0 heterocycles. The first-order chi connectivity index (χ1) is 9.65. The second kappa shape index (κ2) is 6.88. The van der Waals surface area contributed by atoms with Gasteiger partial charge >= 0.3 is 5.97 Å². The highest BCUT2D eigenvalue weighted by Gasteiger charge is 2.18. The maximum Gasteiger partial charge on any atom is 0.313 e. The Morgan fingerprint density at radius 2 is 1.62 bits per heavy atom. The summed E-state index contributed by atoms with van der Waals surface area (Å²) in [6.07, 6.45) is 0.147. The molecule has 0 saturated carbocycles. The molecular formula is C18H26O3. The fourth-order valence-electron chi connectivity index (χ4n) is 2.34. The van der Waals surface area contributed by atoms with Gasteiger partial charge in [-0.25, -0.2) is 0 Å². The van der Waals surface area contributed by atoms with Gasteiger partial charge in [-0.1, -0.05) is 32.9 Å². The van der Waals surface area contributed by atoms with Gasteiger partial charge in [0.2, 0.25) is 0 Å². The first-order valence-corrected chi connectivity index (χ1v) is 7.43. The van der Waals surface area contributed by atoms with Crippen LogP contribution >= 0.6 is 0 Å². The van der Waals surface area contributed by atoms with E-state index >= 15 is 0 Å². The van der Waals surface area contributed by atoms with E-state index in [1.165, 1.54) is 5.56 Å². The quantitative estimate of drug-likeness (QED) is 0.614. The number of ketones is 1. The van der Waals surface area contributed by atoms with Crippen LogP contribution in [-0.4, -0.2) is 18.4 Å². The molecule has 0 atom stereocenters. The summed E-state index contributed by atoms with van der Waals surface area (Å²) >= 11 is 0. The van der Waals surface area contributed by atoms with Crippen molar-refractivity contribution in [2.45, 2.75) is 59.8 Å². The van der Waals surface area contributed by atoms with E-state index in [1.807, 2.05) is 13.8 Å². The molecule has 0 aliphatic heterocycles. The van der Waals surface area contributed by atoms with Crippen LogP contribution in [-0.2, 0) is 26.2 Å². The summed E-state index contributed by atoms with van der Waals surface area (Å²) in [5.74, 6) is -0.535. The van der Waals surface area contributed by atoms with Crippen molar-refractivity contribution in [3.8, 4) is 0 Å². The lowest BCUT2D eigenvalue weighted by atomic mass is 9.83. The zero-order valence-electron chi connectivity index (χ0n) is 14.0. The van der Waals surface area contributed by atoms with Gasteiger partial charge in [0.25, 0.3) is 0 Å². The summed E-state index contributed by atoms with van der Waals surface area (Å²) in [6, 6.07) is 4.28. The second-order valence-corrected chi connectivity index (χ2v) is 6.54. The van der Waals surface area contributed by atoms with E-state index in [0.717, 1.165) is 16.7 Å². The molecule has 1 aromatic rings. The van der Waals surface area contributed by atoms with Crippen LogP contribution in [0, 0.1) is 13.8 Å². The lowest BCUT2D eigenvalue weighted by Gasteiger charge is -2.22. The topological polar surface area (TPSA) is 43.4 Å². The first kappa shape index (κ1) is 17.4. The number of ether oxygens (including phenoxy) is 1. The largest absolute Gasteiger partial charge is 0.466 e. The zero-order valence-corrected chi connectivity index (χ0v) is 14.0. The predicted octanol–water partition coefficient (Wildman–Crippen LogP) is 3.67. The number of hydrogen-bond acceptors (Lipinski definition) is 3. The summed E-state index contributed by atoms with van der Waals surface area (Å²) in [6.45, 7) is 12.6. The molecule has 0 bridgehead atoms. The normalized spacial score (nSPS) is 11.3. The van der Waals surface area contributed by atoms with Gasteiger partial charge in [-0.15, -0.1) is 0 Å². The average molecular weight is 290 g/mol. The minimum atomic E-state index is -0.441. The number of benzene rings is 1. The van der Waals surface area contributed by atoms with Crippen molar-refractivity contribution >= 4 is 11.8 Å². The van der Waals surface area contributed by atoms with E-state index in [9.17, 15) is 9.59 Å². The van der Waals surface area contributed by atoms with Crippen molar-refractivity contribution in [1.82, 2.24) is 0 Å². The molecule has 0 spiro atoms. The van der Waals surface area contributed by atoms with Gasteiger partial charge in [0.05, 0.1) is 6.61 Å². The van der Waals surface area contributed by atoms with Gasteiger partial charge in [0, 0.05) is 6.42 Å². The van der Waals surface area contributed by atoms with E-state index in [1.54, 1.807) is 6.92 Å². The number of carbonyl (C=O) groups excluding carboxylic acids is 2. The summed E-state index contributed by atoms with van der Waals surface area (Å²) in [5, 5.41) is 0. The minimum absolute atomic E-state index is 0.0863. The number of carbonyl (C=O) groups is 2. The Morgan fingerprint density at radius 1 is 1.10 bits per heavy atom. The molecule has 0 amide bonds. The fourth-order valence-corrected chi connectivity index (χ4v) is 2.34. The van der Waals surface area contributed by atoms with Gasteiger partial charge in [-0.05, 0) is 48.4 Å². The molecule has 0 unspecified atom stereocenters. The van der Waals surface area contributed by atoms with Gasteiger partial charge < -0.3 is 4.74 Å². The summed E-state index contributed by atoms with van der Waals surface area (Å²) < 4.78 is 4.81. The standard InChI is InChI=1S/C18H26O3/c1-7-21-17(20)11-15(19)10-16-12(2)8-14(9-13(16)3)18(4,5)6/h8-9H,7,10-11H2,1-6H3. The Bertz CT molecular complexity index is 513. The molecule has 0 N–H and O–H groups in total. The molecule has 3 heteroatoms. The number of esters is 1. The van der Waals surface area contributed by atoms with E-state index in [-0.39, 0.29) is 17.6 Å².